The summed E-state index contributed by atoms with van der Waals surface area (Å²) in [4.78, 5) is 40.5. The molecule has 50 heavy (non-hydrogen) atoms. The van der Waals surface area contributed by atoms with Crippen LogP contribution in [0.2, 0.25) is 5.02 Å². The van der Waals surface area contributed by atoms with Gasteiger partial charge in [0.25, 0.3) is 0 Å². The minimum atomic E-state index is -0.508. The van der Waals surface area contributed by atoms with Crippen LogP contribution in [-0.4, -0.2) is 65.9 Å². The van der Waals surface area contributed by atoms with Crippen molar-refractivity contribution in [2.75, 3.05) is 26.2 Å². The van der Waals surface area contributed by atoms with Crippen LogP contribution in [0.15, 0.2) is 110 Å². The molecule has 2 heterocycles. The van der Waals surface area contributed by atoms with Crippen molar-refractivity contribution in [1.29, 1.82) is 0 Å². The lowest BCUT2D eigenvalue weighted by Gasteiger charge is -2.31. The first-order chi connectivity index (χ1) is 24.2. The number of primary amides is 1. The Labute approximate surface area is 297 Å². The molecule has 0 aliphatic carbocycles. The molecule has 0 radical (unpaired) electrons. The Bertz CT molecular complexity index is 1880. The van der Waals surface area contributed by atoms with Gasteiger partial charge in [-0.15, -0.1) is 0 Å². The summed E-state index contributed by atoms with van der Waals surface area (Å²) in [6.07, 6.45) is 7.55. The van der Waals surface area contributed by atoms with Crippen LogP contribution < -0.4 is 15.2 Å². The molecule has 0 atom stereocenters. The Morgan fingerprint density at radius 2 is 1.30 bits per heavy atom. The van der Waals surface area contributed by atoms with E-state index in [1.54, 1.807) is 23.1 Å². The summed E-state index contributed by atoms with van der Waals surface area (Å²) >= 11 is 6.61. The maximum absolute atomic E-state index is 13.0. The molecule has 0 spiro atoms. The lowest BCUT2D eigenvalue weighted by molar-refractivity contribution is -0.128. The molecule has 256 valence electrons. The van der Waals surface area contributed by atoms with Gasteiger partial charge in [-0.05, 0) is 70.3 Å². The van der Waals surface area contributed by atoms with Gasteiger partial charge in [0.1, 0.15) is 23.7 Å². The number of nitrogens with two attached hydrogens (primary N) is 1. The van der Waals surface area contributed by atoms with Gasteiger partial charge in [0, 0.05) is 63.5 Å². The second kappa shape index (κ2) is 15.9. The highest BCUT2D eigenvalue weighted by atomic mass is 35.5. The normalized spacial score (nSPS) is 15.5. The molecule has 2 fully saturated rings. The Morgan fingerprint density at radius 3 is 1.92 bits per heavy atom. The first-order valence-electron chi connectivity index (χ1n) is 16.9. The van der Waals surface area contributed by atoms with Crippen LogP contribution in [0.1, 0.15) is 41.6 Å². The van der Waals surface area contributed by atoms with E-state index in [1.165, 1.54) is 6.08 Å². The number of halogens is 1. The topological polar surface area (TPSA) is 102 Å². The minimum Gasteiger partial charge on any atom is -0.490 e. The standard InChI is InChI=1S/C41H40ClN3O5/c1-2-39(46)44-20-18-35(19-21-44)50-38-14-13-31(27-37(38)42)30-11-8-28(9-12-30)10-15-40(47)45-22-16-34(17-23-45)49-36-25-32(24-33(26-36)41(43)48)29-6-4-3-5-7-29/h2-15,24-27,34-35H,1,16-23H2,(H2,43,48)/b15-10+. The van der Waals surface area contributed by atoms with Gasteiger partial charge >= 0.3 is 0 Å². The number of carbonyl (C=O) groups is 3. The van der Waals surface area contributed by atoms with Crippen molar-refractivity contribution in [2.45, 2.75) is 37.9 Å². The summed E-state index contributed by atoms with van der Waals surface area (Å²) in [5.41, 5.74) is 10.7. The number of hydrogen-bond donors (Lipinski definition) is 1. The Kier molecular flexibility index (Phi) is 11.0. The Hall–Kier alpha value is -5.34. The summed E-state index contributed by atoms with van der Waals surface area (Å²) in [6.45, 7) is 5.98. The molecule has 2 N–H and O–H groups in total. The zero-order valence-corrected chi connectivity index (χ0v) is 28.6. The van der Waals surface area contributed by atoms with Crippen molar-refractivity contribution < 1.29 is 23.9 Å². The number of piperidine rings is 2. The summed E-state index contributed by atoms with van der Waals surface area (Å²) in [5, 5.41) is 0.534. The highest BCUT2D eigenvalue weighted by Crippen LogP contribution is 2.33. The number of hydrogen-bond acceptors (Lipinski definition) is 5. The fourth-order valence-corrected chi connectivity index (χ4v) is 6.56. The first kappa shape index (κ1) is 34.5. The number of benzene rings is 4. The highest BCUT2D eigenvalue weighted by molar-refractivity contribution is 6.32. The lowest BCUT2D eigenvalue weighted by Crippen LogP contribution is -2.41. The molecule has 4 aromatic carbocycles. The first-order valence-corrected chi connectivity index (χ1v) is 17.3. The van der Waals surface area contributed by atoms with Crippen LogP contribution in [0.5, 0.6) is 11.5 Å². The van der Waals surface area contributed by atoms with Crippen molar-refractivity contribution in [3.8, 4) is 33.8 Å². The molecule has 0 bridgehead atoms. The van der Waals surface area contributed by atoms with Crippen molar-refractivity contribution in [2.24, 2.45) is 5.73 Å². The largest absolute Gasteiger partial charge is 0.490 e. The highest BCUT2D eigenvalue weighted by Gasteiger charge is 2.25. The third-order valence-corrected chi connectivity index (χ3v) is 9.47. The number of ether oxygens (including phenoxy) is 2. The molecule has 2 aliphatic rings. The van der Waals surface area contributed by atoms with E-state index < -0.39 is 5.91 Å². The second-order valence-electron chi connectivity index (χ2n) is 12.6. The van der Waals surface area contributed by atoms with E-state index >= 15 is 0 Å². The molecule has 9 heteroatoms. The smallest absolute Gasteiger partial charge is 0.248 e. The Morgan fingerprint density at radius 1 is 0.700 bits per heavy atom. The van der Waals surface area contributed by atoms with Gasteiger partial charge in [-0.25, -0.2) is 0 Å². The molecular weight excluding hydrogens is 650 g/mol. The number of nitrogens with zero attached hydrogens (tertiary/aromatic N) is 2. The van der Waals surface area contributed by atoms with Gasteiger partial charge < -0.3 is 25.0 Å². The average Bonchev–Trinajstić information content (AvgIpc) is 3.15. The predicted molar refractivity (Wildman–Crippen MR) is 197 cm³/mol. The average molecular weight is 690 g/mol. The van der Waals surface area contributed by atoms with Crippen molar-refractivity contribution in [3.05, 3.63) is 126 Å². The zero-order valence-electron chi connectivity index (χ0n) is 27.8. The molecule has 0 saturated carbocycles. The molecule has 3 amide bonds. The number of amides is 3. The maximum atomic E-state index is 13.0. The molecular formula is C41H40ClN3O5. The fraction of sp³-hybridized carbons (Fsp3) is 0.244. The number of rotatable bonds is 10. The molecule has 8 nitrogen and oxygen atoms in total. The van der Waals surface area contributed by atoms with E-state index in [0.29, 0.717) is 61.1 Å². The van der Waals surface area contributed by atoms with Gasteiger partial charge in [-0.3, -0.25) is 14.4 Å². The van der Waals surface area contributed by atoms with Crippen LogP contribution in [-0.2, 0) is 9.59 Å². The van der Waals surface area contributed by atoms with E-state index in [2.05, 4.69) is 6.58 Å². The van der Waals surface area contributed by atoms with Crippen molar-refractivity contribution in [1.82, 2.24) is 9.80 Å². The molecule has 2 saturated heterocycles. The minimum absolute atomic E-state index is 0.00161. The van der Waals surface area contributed by atoms with Crippen LogP contribution in [0, 0.1) is 0 Å². The summed E-state index contributed by atoms with van der Waals surface area (Å²) in [7, 11) is 0. The molecule has 2 aliphatic heterocycles. The second-order valence-corrected chi connectivity index (χ2v) is 13.0. The maximum Gasteiger partial charge on any atom is 0.248 e. The van der Waals surface area contributed by atoms with Gasteiger partial charge in [-0.2, -0.15) is 0 Å². The van der Waals surface area contributed by atoms with Crippen LogP contribution in [0.4, 0.5) is 0 Å². The quantitative estimate of drug-likeness (QED) is 0.175. The predicted octanol–water partition coefficient (Wildman–Crippen LogP) is 7.41. The number of likely N-dealkylation sites (tertiary alicyclic amines) is 2. The van der Waals surface area contributed by atoms with E-state index in [9.17, 15) is 14.4 Å². The van der Waals surface area contributed by atoms with Crippen molar-refractivity contribution >= 4 is 35.4 Å². The van der Waals surface area contributed by atoms with Gasteiger partial charge in [0.2, 0.25) is 17.7 Å². The third-order valence-electron chi connectivity index (χ3n) is 9.17. The molecule has 4 aromatic rings. The summed E-state index contributed by atoms with van der Waals surface area (Å²) in [5.74, 6) is 0.621. The van der Waals surface area contributed by atoms with Gasteiger partial charge in [-0.1, -0.05) is 78.8 Å². The zero-order chi connectivity index (χ0) is 35.0. The fourth-order valence-electron chi connectivity index (χ4n) is 6.33. The number of carbonyl (C=O) groups excluding carboxylic acids is 3. The Balaban J connectivity index is 0.994. The third kappa shape index (κ3) is 8.62. The monoisotopic (exact) mass is 689 g/mol. The molecule has 0 unspecified atom stereocenters. The van der Waals surface area contributed by atoms with Crippen LogP contribution in [0.3, 0.4) is 0 Å². The lowest BCUT2D eigenvalue weighted by atomic mass is 10.0. The van der Waals surface area contributed by atoms with Crippen LogP contribution >= 0.6 is 11.6 Å². The van der Waals surface area contributed by atoms with Gasteiger partial charge in [0.05, 0.1) is 5.02 Å². The summed E-state index contributed by atoms with van der Waals surface area (Å²) in [6, 6.07) is 28.9. The van der Waals surface area contributed by atoms with E-state index in [-0.39, 0.29) is 24.0 Å². The van der Waals surface area contributed by atoms with E-state index in [0.717, 1.165) is 40.7 Å². The van der Waals surface area contributed by atoms with Gasteiger partial charge in [0.15, 0.2) is 0 Å². The van der Waals surface area contributed by atoms with Crippen molar-refractivity contribution in [3.63, 3.8) is 0 Å². The van der Waals surface area contributed by atoms with E-state index in [4.69, 9.17) is 26.8 Å². The molecule has 6 rings (SSSR count). The van der Waals surface area contributed by atoms with E-state index in [1.807, 2.05) is 89.8 Å². The summed E-state index contributed by atoms with van der Waals surface area (Å²) < 4.78 is 12.4. The molecule has 0 aromatic heterocycles. The SMILES string of the molecule is C=CC(=O)N1CCC(Oc2ccc(-c3ccc(/C=C/C(=O)N4CCC(Oc5cc(C(N)=O)cc(-c6ccccc6)c5)CC4)cc3)cc2Cl)CC1. The van der Waals surface area contributed by atoms with Crippen LogP contribution in [0.25, 0.3) is 28.3 Å².